The lowest BCUT2D eigenvalue weighted by Crippen LogP contribution is -2.38. The number of nitrogens with one attached hydrogen (secondary N) is 1. The lowest BCUT2D eigenvalue weighted by atomic mass is 10.2. The second-order valence-corrected chi connectivity index (χ2v) is 3.11. The highest BCUT2D eigenvalue weighted by atomic mass is 16.2. The van der Waals surface area contributed by atoms with E-state index in [2.05, 4.69) is 10.0 Å². The van der Waals surface area contributed by atoms with Crippen LogP contribution in [0.2, 0.25) is 0 Å². The number of primary amides is 1. The predicted molar refractivity (Wildman–Crippen MR) is 62.6 cm³/mol. The Bertz CT molecular complexity index is 662. The number of azide groups is 1. The summed E-state index contributed by atoms with van der Waals surface area (Å²) in [5, 5.41) is 3.21. The molecule has 1 rings (SSSR count). The van der Waals surface area contributed by atoms with Crippen LogP contribution in [0.15, 0.2) is 20.8 Å². The normalized spacial score (nSPS) is 10.2. The summed E-state index contributed by atoms with van der Waals surface area (Å²) < 4.78 is 0.622. The summed E-state index contributed by atoms with van der Waals surface area (Å²) in [6, 6.07) is 0. The Labute approximate surface area is 99.1 Å². The van der Waals surface area contributed by atoms with Gasteiger partial charge in [0.05, 0.1) is 17.8 Å². The van der Waals surface area contributed by atoms with Crippen LogP contribution in [0.5, 0.6) is 0 Å². The Morgan fingerprint density at radius 3 is 2.78 bits per heavy atom. The fourth-order valence-corrected chi connectivity index (χ4v) is 1.21. The topological polar surface area (TPSA) is 173 Å². The zero-order valence-corrected chi connectivity index (χ0v) is 9.03. The quantitative estimate of drug-likeness (QED) is 0.195. The van der Waals surface area contributed by atoms with Gasteiger partial charge in [-0.25, -0.2) is 9.47 Å². The molecule has 1 amide bonds. The Balaban J connectivity index is 3.51. The fraction of sp³-hybridized carbons (Fsp3) is 0.125. The second kappa shape index (κ2) is 5.37. The number of hydrogen-bond donors (Lipinski definition) is 3. The maximum Gasteiger partial charge on any atom is 0.346 e. The Kier molecular flexibility index (Phi) is 3.89. The molecule has 0 aromatic carbocycles. The first-order chi connectivity index (χ1) is 8.47. The van der Waals surface area contributed by atoms with Crippen LogP contribution in [0.25, 0.3) is 16.5 Å². The van der Waals surface area contributed by atoms with Gasteiger partial charge in [0, 0.05) is 11.0 Å². The first-order valence-electron chi connectivity index (χ1n) is 4.59. The van der Waals surface area contributed by atoms with Crippen LogP contribution in [-0.4, -0.2) is 15.6 Å². The molecule has 0 aliphatic rings. The van der Waals surface area contributed by atoms with Gasteiger partial charge in [0.25, 0.3) is 5.56 Å². The van der Waals surface area contributed by atoms with Crippen LogP contribution in [0.1, 0.15) is 11.3 Å². The van der Waals surface area contributed by atoms with Crippen molar-refractivity contribution in [3.05, 3.63) is 48.6 Å². The Morgan fingerprint density at radius 2 is 2.22 bits per heavy atom. The molecular formula is C8H9N7O3. The van der Waals surface area contributed by atoms with Gasteiger partial charge in [-0.05, 0) is 11.6 Å². The number of hydrogen-bond acceptors (Lipinski definition) is 5. The van der Waals surface area contributed by atoms with Crippen molar-refractivity contribution in [3.8, 4) is 0 Å². The Morgan fingerprint density at radius 1 is 1.56 bits per heavy atom. The molecule has 0 aliphatic heterocycles. The summed E-state index contributed by atoms with van der Waals surface area (Å²) >= 11 is 0. The molecule has 0 aliphatic carbocycles. The summed E-state index contributed by atoms with van der Waals surface area (Å²) in [6.07, 6.45) is 2.01. The van der Waals surface area contributed by atoms with E-state index in [-0.39, 0.29) is 17.8 Å². The molecule has 1 aromatic rings. The van der Waals surface area contributed by atoms with Crippen molar-refractivity contribution in [2.45, 2.75) is 6.54 Å². The molecule has 0 bridgehead atoms. The van der Waals surface area contributed by atoms with Gasteiger partial charge in [-0.2, -0.15) is 0 Å². The molecule has 10 heteroatoms. The van der Waals surface area contributed by atoms with Gasteiger partial charge in [0.15, 0.2) is 0 Å². The van der Waals surface area contributed by atoms with Gasteiger partial charge in [0.1, 0.15) is 0 Å². The fourth-order valence-electron chi connectivity index (χ4n) is 1.21. The minimum Gasteiger partial charge on any atom is -0.366 e. The van der Waals surface area contributed by atoms with E-state index in [1.54, 1.807) is 0 Å². The van der Waals surface area contributed by atoms with Crippen LogP contribution < -0.4 is 22.8 Å². The second-order valence-electron chi connectivity index (χ2n) is 3.11. The molecule has 0 radical (unpaired) electrons. The van der Waals surface area contributed by atoms with E-state index < -0.39 is 17.2 Å². The van der Waals surface area contributed by atoms with E-state index in [9.17, 15) is 14.4 Å². The Hall–Kier alpha value is -3.00. The standard InChI is InChI=1S/C8H9N7O3/c9-6(16)2-1-4-5(3-12-14-10)15(11)8(18)13-7(4)17/h1-2H,3,11H2,(H2,9,16)(H,13,17,18)/b2-1+. The van der Waals surface area contributed by atoms with Crippen molar-refractivity contribution in [1.82, 2.24) is 9.66 Å². The van der Waals surface area contributed by atoms with Crippen LogP contribution in [-0.2, 0) is 11.3 Å². The smallest absolute Gasteiger partial charge is 0.346 e. The average Bonchev–Trinajstić information content (AvgIpc) is 2.30. The molecule has 5 N–H and O–H groups in total. The number of nitrogen functional groups attached to an aromatic ring is 1. The van der Waals surface area contributed by atoms with E-state index >= 15 is 0 Å². The van der Waals surface area contributed by atoms with Gasteiger partial charge < -0.3 is 11.6 Å². The first kappa shape index (κ1) is 13.1. The molecule has 1 aromatic heterocycles. The molecule has 0 unspecified atom stereocenters. The molecule has 94 valence electrons. The van der Waals surface area contributed by atoms with Crippen LogP contribution in [0.3, 0.4) is 0 Å². The summed E-state index contributed by atoms with van der Waals surface area (Å²) in [7, 11) is 0. The van der Waals surface area contributed by atoms with E-state index in [4.69, 9.17) is 17.1 Å². The van der Waals surface area contributed by atoms with Crippen molar-refractivity contribution in [1.29, 1.82) is 0 Å². The maximum atomic E-state index is 11.5. The third-order valence-corrected chi connectivity index (χ3v) is 1.98. The monoisotopic (exact) mass is 251 g/mol. The number of amides is 1. The number of H-pyrrole nitrogens is 1. The number of aromatic nitrogens is 2. The van der Waals surface area contributed by atoms with Crippen molar-refractivity contribution in [2.75, 3.05) is 5.84 Å². The molecule has 0 atom stereocenters. The largest absolute Gasteiger partial charge is 0.366 e. The average molecular weight is 251 g/mol. The number of aromatic amines is 1. The van der Waals surface area contributed by atoms with Gasteiger partial charge in [-0.3, -0.25) is 14.6 Å². The third-order valence-electron chi connectivity index (χ3n) is 1.98. The minimum absolute atomic E-state index is 0.0287. The van der Waals surface area contributed by atoms with Crippen LogP contribution in [0.4, 0.5) is 0 Å². The number of nitrogens with two attached hydrogens (primary N) is 2. The highest BCUT2D eigenvalue weighted by Crippen LogP contribution is 2.04. The van der Waals surface area contributed by atoms with E-state index in [1.807, 2.05) is 4.98 Å². The zero-order chi connectivity index (χ0) is 13.7. The SMILES string of the molecule is [N-]=[N+]=NCc1c(/C=C/C(N)=O)c(=O)[nH]c(=O)n1N. The minimum atomic E-state index is -0.862. The zero-order valence-electron chi connectivity index (χ0n) is 9.03. The number of nitrogens with zero attached hydrogens (tertiary/aromatic N) is 4. The van der Waals surface area contributed by atoms with Gasteiger partial charge in [0.2, 0.25) is 5.91 Å². The van der Waals surface area contributed by atoms with Crippen molar-refractivity contribution >= 4 is 12.0 Å². The lowest BCUT2D eigenvalue weighted by molar-refractivity contribution is -0.113. The highest BCUT2D eigenvalue weighted by molar-refractivity contribution is 5.90. The predicted octanol–water partition coefficient (Wildman–Crippen LogP) is -1.44. The molecule has 0 saturated heterocycles. The van der Waals surface area contributed by atoms with E-state index in [0.29, 0.717) is 4.68 Å². The molecule has 0 spiro atoms. The summed E-state index contributed by atoms with van der Waals surface area (Å²) in [5.74, 6) is 4.62. The van der Waals surface area contributed by atoms with Crippen LogP contribution in [0, 0.1) is 0 Å². The molecular weight excluding hydrogens is 242 g/mol. The number of carbonyl (C=O) groups excluding carboxylic acids is 1. The number of rotatable bonds is 4. The summed E-state index contributed by atoms with van der Waals surface area (Å²) in [5.41, 5.74) is 11.4. The number of carbonyl (C=O) groups is 1. The molecule has 18 heavy (non-hydrogen) atoms. The van der Waals surface area contributed by atoms with E-state index in [0.717, 1.165) is 12.2 Å². The van der Waals surface area contributed by atoms with Crippen molar-refractivity contribution in [3.63, 3.8) is 0 Å². The molecule has 0 fully saturated rings. The van der Waals surface area contributed by atoms with Gasteiger partial charge >= 0.3 is 5.69 Å². The van der Waals surface area contributed by atoms with Gasteiger partial charge in [-0.1, -0.05) is 5.11 Å². The van der Waals surface area contributed by atoms with Crippen molar-refractivity contribution in [2.24, 2.45) is 10.8 Å². The molecule has 10 nitrogen and oxygen atoms in total. The van der Waals surface area contributed by atoms with Crippen LogP contribution >= 0.6 is 0 Å². The summed E-state index contributed by atoms with van der Waals surface area (Å²) in [4.78, 5) is 37.8. The van der Waals surface area contributed by atoms with Crippen molar-refractivity contribution < 1.29 is 4.79 Å². The van der Waals surface area contributed by atoms with Gasteiger partial charge in [-0.15, -0.1) is 0 Å². The maximum absolute atomic E-state index is 11.5. The first-order valence-corrected chi connectivity index (χ1v) is 4.59. The highest BCUT2D eigenvalue weighted by Gasteiger charge is 2.10. The molecule has 0 saturated carbocycles. The third kappa shape index (κ3) is 2.77. The molecule has 1 heterocycles. The van der Waals surface area contributed by atoms with E-state index in [1.165, 1.54) is 0 Å². The summed E-state index contributed by atoms with van der Waals surface area (Å²) in [6.45, 7) is -0.315. The lowest BCUT2D eigenvalue weighted by Gasteiger charge is -2.07.